The first-order chi connectivity index (χ1) is 69.1. The van der Waals surface area contributed by atoms with E-state index in [2.05, 4.69) is 393 Å². The van der Waals surface area contributed by atoms with Gasteiger partial charge in [-0.05, 0) is 229 Å². The van der Waals surface area contributed by atoms with E-state index in [1.165, 1.54) is 125 Å². The van der Waals surface area contributed by atoms with Crippen molar-refractivity contribution in [3.05, 3.63) is 478 Å². The van der Waals surface area contributed by atoms with E-state index < -0.39 is 0 Å². The largest absolute Gasteiger partial charge is 0.436 e. The minimum atomic E-state index is -0.118. The highest BCUT2D eigenvalue weighted by atomic mass is 32.1. The molecule has 0 atom stereocenters. The molecule has 1 aliphatic carbocycles. The summed E-state index contributed by atoms with van der Waals surface area (Å²) in [6.45, 7) is 4.74. The summed E-state index contributed by atoms with van der Waals surface area (Å²) < 4.78 is 16.1. The average molecular weight is 1810 g/mol. The van der Waals surface area contributed by atoms with E-state index in [9.17, 15) is 0 Å². The zero-order valence-corrected chi connectivity index (χ0v) is 77.1. The van der Waals surface area contributed by atoms with Crippen LogP contribution in [0.1, 0.15) is 25.0 Å². The van der Waals surface area contributed by atoms with Gasteiger partial charge in [0, 0.05) is 88.5 Å². The maximum atomic E-state index is 6.25. The molecule has 0 saturated carbocycles. The molecule has 0 spiro atoms. The van der Waals surface area contributed by atoms with Crippen molar-refractivity contribution in [2.45, 2.75) is 19.3 Å². The molecule has 29 rings (SSSR count). The number of fused-ring (bicyclic) bond motifs is 27. The smallest absolute Gasteiger partial charge is 0.227 e. The fourth-order valence-corrected chi connectivity index (χ4v) is 22.5. The van der Waals surface area contributed by atoms with Gasteiger partial charge in [-0.1, -0.05) is 366 Å². The number of hydrogen-bond donors (Lipinski definition) is 0. The number of oxazole rings is 2. The summed E-state index contributed by atoms with van der Waals surface area (Å²) in [6.07, 6.45) is 0. The SMILES string of the molecule is CC1(C)c2cc(N(c3ccccc3)c3ccc4c(ccc5ccc6sc(-c7ccccc7)nc6c54)c3)ccc2-c2c1ccc1ccccc21.c1ccc(-c2ccc(-c3cc(-c4ccccc4)nc(-c4ccc5c(ccc6ccc7oc(-c8ccccc8)nc7c65)c4)n3)cc2)cc1.c1ccc(-c2nc3c(ccc4ccc5cc(-n6c7ccc8ccccc8c7c7c8ccccc8ccc76)ccc5c43)o2)cc1. The second-order valence-corrected chi connectivity index (χ2v) is 37.9. The molecule has 0 N–H and O–H groups in total. The van der Waals surface area contributed by atoms with Crippen molar-refractivity contribution in [3.8, 4) is 95.3 Å². The van der Waals surface area contributed by atoms with Gasteiger partial charge in [0.2, 0.25) is 11.8 Å². The number of thiazole rings is 1. The molecule has 0 saturated heterocycles. The Bertz CT molecular complexity index is 9750. The number of benzene rings is 23. The van der Waals surface area contributed by atoms with Crippen LogP contribution in [-0.2, 0) is 5.41 Å². The Kier molecular flexibility index (Phi) is 19.3. The molecular weight excluding hydrogens is 1720 g/mol. The van der Waals surface area contributed by atoms with Gasteiger partial charge >= 0.3 is 0 Å². The molecule has 0 unspecified atom stereocenters. The van der Waals surface area contributed by atoms with Crippen molar-refractivity contribution in [1.82, 2.24) is 29.5 Å². The first kappa shape index (κ1) is 81.5. The highest BCUT2D eigenvalue weighted by Gasteiger charge is 2.38. The lowest BCUT2D eigenvalue weighted by Gasteiger charge is -2.28. The van der Waals surface area contributed by atoms with Crippen LogP contribution >= 0.6 is 11.3 Å². The van der Waals surface area contributed by atoms with Gasteiger partial charge in [0.1, 0.15) is 16.0 Å². The summed E-state index contributed by atoms with van der Waals surface area (Å²) in [5.41, 5.74) is 27.0. The number of rotatable bonds is 11. The standard InChI is InChI=1S/C46H32N2S.C43H27N3O.C41H24N2O/c1-46(2)39-25-19-29-11-9-10-16-36(29)43(39)38-24-22-35(28-40(38)46)48(33-14-7-4-8-15-33)34-21-23-37-32(27-34)18-17-30-20-26-41-44(42(30)37)47-45(49-41)31-12-5-3-6-13-31;1-4-10-28(11-5-1)29-16-18-31(19-17-29)38-27-37(30-12-6-2-7-13-30)44-42(45-38)35-22-24-36-34(26-35)21-20-32-23-25-39-41(40(32)36)46-43(47-39)33-14-8-3-9-15-33;1-2-10-28(11-3-1)41-42-40-36(44-41)23-18-27-14-15-29-24-30(19-20-33(29)37(27)40)43-34-21-16-25-8-4-6-12-31(25)38(34)39-32-13-7-5-9-26(32)17-22-35(39)43/h3-28H,1-2H3;1-27H;1-24H. The second-order valence-electron chi connectivity index (χ2n) is 36.8. The Morgan fingerprint density at radius 1 is 0.257 bits per heavy atom. The zero-order chi connectivity index (χ0) is 92.6. The summed E-state index contributed by atoms with van der Waals surface area (Å²) in [7, 11) is 0. The number of hydrogen-bond acceptors (Lipinski definition) is 9. The molecule has 23 aromatic carbocycles. The van der Waals surface area contributed by atoms with Crippen LogP contribution in [0.15, 0.2) is 476 Å². The highest BCUT2D eigenvalue weighted by molar-refractivity contribution is 7.21. The van der Waals surface area contributed by atoms with E-state index in [0.717, 1.165) is 133 Å². The van der Waals surface area contributed by atoms with Crippen LogP contribution in [0.5, 0.6) is 0 Å². The first-order valence-corrected chi connectivity index (χ1v) is 48.4. The predicted octanol–water partition coefficient (Wildman–Crippen LogP) is 35.7. The maximum Gasteiger partial charge on any atom is 0.227 e. The summed E-state index contributed by atoms with van der Waals surface area (Å²) in [6, 6.07) is 166. The van der Waals surface area contributed by atoms with Crippen molar-refractivity contribution in [2.24, 2.45) is 0 Å². The van der Waals surface area contributed by atoms with Gasteiger partial charge in [-0.2, -0.15) is 0 Å². The monoisotopic (exact) mass is 1810 g/mol. The minimum Gasteiger partial charge on any atom is -0.436 e. The van der Waals surface area contributed by atoms with Gasteiger partial charge in [0.25, 0.3) is 0 Å². The van der Waals surface area contributed by atoms with E-state index in [0.29, 0.717) is 17.6 Å². The molecule has 28 aromatic rings. The second kappa shape index (κ2) is 33.2. The van der Waals surface area contributed by atoms with Gasteiger partial charge in [0.15, 0.2) is 17.0 Å². The topological polar surface area (TPSA) is 98.9 Å². The predicted molar refractivity (Wildman–Crippen MR) is 585 cm³/mol. The van der Waals surface area contributed by atoms with E-state index in [-0.39, 0.29) is 5.41 Å². The quantitative estimate of drug-likeness (QED) is 0.118. The van der Waals surface area contributed by atoms with Crippen LogP contribution in [0.2, 0.25) is 0 Å². The molecule has 0 fully saturated rings. The van der Waals surface area contributed by atoms with Crippen LogP contribution in [-0.4, -0.2) is 29.5 Å². The Labute approximate surface area is 809 Å². The van der Waals surface area contributed by atoms with Gasteiger partial charge in [-0.3, -0.25) is 0 Å². The maximum absolute atomic E-state index is 6.25. The molecule has 0 aliphatic heterocycles. The van der Waals surface area contributed by atoms with Crippen molar-refractivity contribution in [2.75, 3.05) is 4.90 Å². The molecule has 140 heavy (non-hydrogen) atoms. The van der Waals surface area contributed by atoms with Crippen LogP contribution < -0.4 is 4.90 Å². The molecule has 9 nitrogen and oxygen atoms in total. The normalized spacial score (nSPS) is 12.3. The lowest BCUT2D eigenvalue weighted by atomic mass is 9.82. The molecule has 0 radical (unpaired) electrons. The highest BCUT2D eigenvalue weighted by Crippen LogP contribution is 2.54. The molecule has 10 heteroatoms. The van der Waals surface area contributed by atoms with Crippen molar-refractivity contribution < 1.29 is 8.83 Å². The summed E-state index contributed by atoms with van der Waals surface area (Å²) >= 11 is 1.76. The fraction of sp³-hybridized carbons (Fsp3) is 0.0231. The van der Waals surface area contributed by atoms with Crippen LogP contribution in [0, 0.1) is 0 Å². The Morgan fingerprint density at radius 2 is 0.664 bits per heavy atom. The number of para-hydroxylation sites is 1. The minimum absolute atomic E-state index is 0.118. The third kappa shape index (κ3) is 13.8. The van der Waals surface area contributed by atoms with E-state index in [4.69, 9.17) is 33.8 Å². The van der Waals surface area contributed by atoms with Crippen LogP contribution in [0.4, 0.5) is 17.1 Å². The number of anilines is 3. The van der Waals surface area contributed by atoms with E-state index >= 15 is 0 Å². The Hall–Kier alpha value is -18.1. The van der Waals surface area contributed by atoms with Crippen LogP contribution in [0.3, 0.4) is 0 Å². The molecule has 656 valence electrons. The first-order valence-electron chi connectivity index (χ1n) is 47.5. The van der Waals surface area contributed by atoms with Crippen molar-refractivity contribution in [3.63, 3.8) is 0 Å². The van der Waals surface area contributed by atoms with Crippen molar-refractivity contribution in [1.29, 1.82) is 0 Å². The molecular formula is C130H83N7O2S. The molecule has 1 aliphatic rings. The van der Waals surface area contributed by atoms with Crippen LogP contribution in [0.25, 0.3) is 246 Å². The third-order valence-corrected chi connectivity index (χ3v) is 29.4. The van der Waals surface area contributed by atoms with Gasteiger partial charge in [0.05, 0.1) is 32.6 Å². The van der Waals surface area contributed by atoms with E-state index in [1.54, 1.807) is 11.3 Å². The summed E-state index contributed by atoms with van der Waals surface area (Å²) in [4.78, 5) is 27.8. The van der Waals surface area contributed by atoms with Gasteiger partial charge in [-0.15, -0.1) is 11.3 Å². The molecule has 0 bridgehead atoms. The molecule has 5 heterocycles. The lowest BCUT2D eigenvalue weighted by molar-refractivity contribution is 0.619. The Balaban J connectivity index is 0.000000106. The van der Waals surface area contributed by atoms with E-state index in [1.807, 2.05) is 97.1 Å². The number of nitrogens with zero attached hydrogens (tertiary/aromatic N) is 7. The Morgan fingerprint density at radius 3 is 1.25 bits per heavy atom. The third-order valence-electron chi connectivity index (χ3n) is 28.3. The van der Waals surface area contributed by atoms with Gasteiger partial charge in [-0.25, -0.2) is 24.9 Å². The summed E-state index contributed by atoms with van der Waals surface area (Å²) in [5.74, 6) is 1.95. The molecule has 0 amide bonds. The number of aromatic nitrogens is 6. The average Bonchev–Trinajstić information content (AvgIpc) is 1.56. The zero-order valence-electron chi connectivity index (χ0n) is 76.3. The molecule has 5 aromatic heterocycles. The fourth-order valence-electron chi connectivity index (χ4n) is 21.6. The van der Waals surface area contributed by atoms with Crippen molar-refractivity contribution >= 4 is 180 Å². The summed E-state index contributed by atoms with van der Waals surface area (Å²) in [5, 5.41) is 25.2. The van der Waals surface area contributed by atoms with Gasteiger partial charge < -0.3 is 18.3 Å². The lowest BCUT2D eigenvalue weighted by Crippen LogP contribution is -2.16.